The average molecular weight is 445 g/mol. The third-order valence-electron chi connectivity index (χ3n) is 4.23. The maximum Gasteiger partial charge on any atom is 0.261 e. The van der Waals surface area contributed by atoms with E-state index in [1.165, 1.54) is 24.3 Å². The van der Waals surface area contributed by atoms with Crippen molar-refractivity contribution in [1.29, 1.82) is 0 Å². The summed E-state index contributed by atoms with van der Waals surface area (Å²) in [5.41, 5.74) is 0.912. The first kappa shape index (κ1) is 21.9. The summed E-state index contributed by atoms with van der Waals surface area (Å²) in [6, 6.07) is 19.7. The SMILES string of the molecule is Cc1ccc(S(=O)(=O)Nc2cccc(C(=O)NCCSc3ccccc3)c2)cc1F. The Bertz CT molecular complexity index is 1140. The standard InChI is InChI=1S/C22H21FN2O3S2/c1-16-10-11-20(15-21(16)23)30(27,28)25-18-7-5-6-17(14-18)22(26)24-12-13-29-19-8-3-2-4-9-19/h2-11,14-15,25H,12-13H2,1H3,(H,24,26). The van der Waals surface area contributed by atoms with Gasteiger partial charge in [0.1, 0.15) is 5.82 Å². The summed E-state index contributed by atoms with van der Waals surface area (Å²) in [6.07, 6.45) is 0. The number of nitrogens with one attached hydrogen (secondary N) is 2. The zero-order valence-corrected chi connectivity index (χ0v) is 17.9. The smallest absolute Gasteiger partial charge is 0.261 e. The van der Waals surface area contributed by atoms with Crippen molar-refractivity contribution in [3.63, 3.8) is 0 Å². The molecule has 0 aliphatic heterocycles. The molecular weight excluding hydrogens is 423 g/mol. The highest BCUT2D eigenvalue weighted by molar-refractivity contribution is 7.99. The number of carbonyl (C=O) groups is 1. The maximum atomic E-state index is 13.7. The van der Waals surface area contributed by atoms with Gasteiger partial charge in [0, 0.05) is 28.4 Å². The normalized spacial score (nSPS) is 11.1. The van der Waals surface area contributed by atoms with Crippen LogP contribution in [0.3, 0.4) is 0 Å². The van der Waals surface area contributed by atoms with E-state index in [-0.39, 0.29) is 16.5 Å². The topological polar surface area (TPSA) is 75.3 Å². The molecule has 0 saturated heterocycles. The lowest BCUT2D eigenvalue weighted by atomic mass is 10.2. The van der Waals surface area contributed by atoms with Gasteiger partial charge in [0.25, 0.3) is 15.9 Å². The van der Waals surface area contributed by atoms with E-state index in [1.54, 1.807) is 30.8 Å². The molecule has 0 bridgehead atoms. The Morgan fingerprint density at radius 2 is 1.77 bits per heavy atom. The fourth-order valence-corrected chi connectivity index (χ4v) is 4.48. The highest BCUT2D eigenvalue weighted by atomic mass is 32.2. The van der Waals surface area contributed by atoms with Crippen LogP contribution in [0.1, 0.15) is 15.9 Å². The Hall–Kier alpha value is -2.84. The van der Waals surface area contributed by atoms with Gasteiger partial charge in [-0.3, -0.25) is 9.52 Å². The van der Waals surface area contributed by atoms with Gasteiger partial charge in [-0.15, -0.1) is 11.8 Å². The number of carbonyl (C=O) groups excluding carboxylic acids is 1. The van der Waals surface area contributed by atoms with Crippen molar-refractivity contribution in [3.05, 3.63) is 89.7 Å². The van der Waals surface area contributed by atoms with Crippen molar-refractivity contribution in [1.82, 2.24) is 5.32 Å². The van der Waals surface area contributed by atoms with Gasteiger partial charge >= 0.3 is 0 Å². The predicted molar refractivity (Wildman–Crippen MR) is 118 cm³/mol. The molecule has 0 aromatic heterocycles. The molecule has 0 fully saturated rings. The van der Waals surface area contributed by atoms with Crippen LogP contribution in [0.4, 0.5) is 10.1 Å². The minimum atomic E-state index is -3.97. The van der Waals surface area contributed by atoms with E-state index in [2.05, 4.69) is 10.0 Å². The predicted octanol–water partition coefficient (Wildman–Crippen LogP) is 4.46. The van der Waals surface area contributed by atoms with Gasteiger partial charge in [-0.25, -0.2) is 12.8 Å². The van der Waals surface area contributed by atoms with Crippen LogP contribution in [0.2, 0.25) is 0 Å². The highest BCUT2D eigenvalue weighted by Crippen LogP contribution is 2.20. The molecule has 0 unspecified atom stereocenters. The number of halogens is 1. The number of aryl methyl sites for hydroxylation is 1. The van der Waals surface area contributed by atoms with Crippen molar-refractivity contribution >= 4 is 33.4 Å². The lowest BCUT2D eigenvalue weighted by Crippen LogP contribution is -2.25. The van der Waals surface area contributed by atoms with Crippen LogP contribution >= 0.6 is 11.8 Å². The van der Waals surface area contributed by atoms with Gasteiger partial charge in [-0.2, -0.15) is 0 Å². The van der Waals surface area contributed by atoms with Crippen LogP contribution < -0.4 is 10.0 Å². The fraction of sp³-hybridized carbons (Fsp3) is 0.136. The van der Waals surface area contributed by atoms with E-state index < -0.39 is 15.8 Å². The van der Waals surface area contributed by atoms with Gasteiger partial charge in [0.05, 0.1) is 4.90 Å². The second kappa shape index (κ2) is 9.77. The molecule has 156 valence electrons. The molecule has 0 atom stereocenters. The third-order valence-corrected chi connectivity index (χ3v) is 6.62. The van der Waals surface area contributed by atoms with Crippen molar-refractivity contribution in [2.75, 3.05) is 17.0 Å². The second-order valence-corrected chi connectivity index (χ2v) is 9.37. The zero-order chi connectivity index (χ0) is 21.6. The maximum absolute atomic E-state index is 13.7. The van der Waals surface area contributed by atoms with Crippen LogP contribution in [0, 0.1) is 12.7 Å². The van der Waals surface area contributed by atoms with E-state index in [0.717, 1.165) is 11.0 Å². The van der Waals surface area contributed by atoms with Gasteiger partial charge in [-0.1, -0.05) is 30.3 Å². The molecule has 0 aliphatic carbocycles. The molecule has 0 heterocycles. The summed E-state index contributed by atoms with van der Waals surface area (Å²) in [6.45, 7) is 2.02. The number of rotatable bonds is 8. The quantitative estimate of drug-likeness (QED) is 0.397. The highest BCUT2D eigenvalue weighted by Gasteiger charge is 2.16. The molecule has 2 N–H and O–H groups in total. The van der Waals surface area contributed by atoms with Gasteiger partial charge in [0.15, 0.2) is 0 Å². The number of benzene rings is 3. The van der Waals surface area contributed by atoms with Crippen LogP contribution in [-0.2, 0) is 10.0 Å². The minimum absolute atomic E-state index is 0.182. The van der Waals surface area contributed by atoms with Crippen LogP contribution in [0.5, 0.6) is 0 Å². The number of thioether (sulfide) groups is 1. The first-order valence-corrected chi connectivity index (χ1v) is 11.7. The van der Waals surface area contributed by atoms with Gasteiger partial charge in [0.2, 0.25) is 0 Å². The molecule has 1 amide bonds. The minimum Gasteiger partial charge on any atom is -0.351 e. The van der Waals surface area contributed by atoms with E-state index >= 15 is 0 Å². The summed E-state index contributed by atoms with van der Waals surface area (Å²) in [7, 11) is -3.97. The average Bonchev–Trinajstić information content (AvgIpc) is 2.73. The summed E-state index contributed by atoms with van der Waals surface area (Å²) in [5, 5.41) is 2.82. The first-order chi connectivity index (χ1) is 14.3. The van der Waals surface area contributed by atoms with E-state index in [9.17, 15) is 17.6 Å². The lowest BCUT2D eigenvalue weighted by molar-refractivity contribution is 0.0956. The second-order valence-electron chi connectivity index (χ2n) is 6.51. The van der Waals surface area contributed by atoms with Crippen molar-refractivity contribution in [2.24, 2.45) is 0 Å². The van der Waals surface area contributed by atoms with Crippen molar-refractivity contribution in [2.45, 2.75) is 16.7 Å². The first-order valence-electron chi connectivity index (χ1n) is 9.20. The van der Waals surface area contributed by atoms with E-state index in [1.807, 2.05) is 30.3 Å². The third kappa shape index (κ3) is 5.84. The molecule has 3 rings (SSSR count). The largest absolute Gasteiger partial charge is 0.351 e. The molecule has 3 aromatic rings. The Balaban J connectivity index is 1.60. The van der Waals surface area contributed by atoms with Crippen LogP contribution in [0.15, 0.2) is 82.6 Å². The molecule has 3 aromatic carbocycles. The number of hydrogen-bond acceptors (Lipinski definition) is 4. The summed E-state index contributed by atoms with van der Waals surface area (Å²) in [5.74, 6) is -0.188. The van der Waals surface area contributed by atoms with Crippen LogP contribution in [0.25, 0.3) is 0 Å². The van der Waals surface area contributed by atoms with Crippen molar-refractivity contribution < 1.29 is 17.6 Å². The number of anilines is 1. The summed E-state index contributed by atoms with van der Waals surface area (Å²) >= 11 is 1.63. The molecule has 5 nitrogen and oxygen atoms in total. The number of hydrogen-bond donors (Lipinski definition) is 2. The molecule has 0 saturated carbocycles. The fourth-order valence-electron chi connectivity index (χ4n) is 2.63. The monoisotopic (exact) mass is 444 g/mol. The molecule has 30 heavy (non-hydrogen) atoms. The van der Waals surface area contributed by atoms with E-state index in [0.29, 0.717) is 23.4 Å². The van der Waals surface area contributed by atoms with Gasteiger partial charge < -0.3 is 5.32 Å². The van der Waals surface area contributed by atoms with Crippen molar-refractivity contribution in [3.8, 4) is 0 Å². The molecule has 0 aliphatic rings. The van der Waals surface area contributed by atoms with Crippen LogP contribution in [-0.4, -0.2) is 26.6 Å². The molecule has 8 heteroatoms. The Morgan fingerprint density at radius 1 is 1.00 bits per heavy atom. The Morgan fingerprint density at radius 3 is 2.50 bits per heavy atom. The molecule has 0 spiro atoms. The molecular formula is C22H21FN2O3S2. The number of amides is 1. The summed E-state index contributed by atoms with van der Waals surface area (Å²) < 4.78 is 41.1. The molecule has 0 radical (unpaired) electrons. The Labute approximate surface area is 179 Å². The lowest BCUT2D eigenvalue weighted by Gasteiger charge is -2.10. The summed E-state index contributed by atoms with van der Waals surface area (Å²) in [4.78, 5) is 13.3. The van der Waals surface area contributed by atoms with Gasteiger partial charge in [-0.05, 0) is 55.0 Å². The number of sulfonamides is 1. The zero-order valence-electron chi connectivity index (χ0n) is 16.3. The Kier molecular flexibility index (Phi) is 7.12. The van der Waals surface area contributed by atoms with E-state index in [4.69, 9.17) is 0 Å².